The van der Waals surface area contributed by atoms with E-state index in [-0.39, 0.29) is 5.54 Å². The van der Waals surface area contributed by atoms with Gasteiger partial charge in [-0.15, -0.1) is 11.6 Å². The molecule has 1 atom stereocenters. The summed E-state index contributed by atoms with van der Waals surface area (Å²) in [5.74, 6) is 0.667. The van der Waals surface area contributed by atoms with E-state index in [1.54, 1.807) is 0 Å². The second-order valence-electron chi connectivity index (χ2n) is 6.34. The summed E-state index contributed by atoms with van der Waals surface area (Å²) in [6.45, 7) is 14.8. The summed E-state index contributed by atoms with van der Waals surface area (Å²) in [5.41, 5.74) is 11.2. The van der Waals surface area contributed by atoms with Crippen molar-refractivity contribution in [1.29, 1.82) is 0 Å². The molecule has 1 aliphatic rings. The van der Waals surface area contributed by atoms with Gasteiger partial charge in [0.1, 0.15) is 0 Å². The van der Waals surface area contributed by atoms with E-state index >= 15 is 0 Å². The molecule has 0 aromatic carbocycles. The van der Waals surface area contributed by atoms with Crippen molar-refractivity contribution in [2.45, 2.75) is 32.4 Å². The van der Waals surface area contributed by atoms with Crippen molar-refractivity contribution in [2.75, 3.05) is 64.8 Å². The zero-order valence-electron chi connectivity index (χ0n) is 14.5. The molecule has 0 saturated carbocycles. The molecule has 0 aromatic heterocycles. The molecule has 1 unspecified atom stereocenters. The van der Waals surface area contributed by atoms with E-state index in [9.17, 15) is 0 Å². The van der Waals surface area contributed by atoms with Crippen molar-refractivity contribution in [1.82, 2.24) is 15.5 Å². The van der Waals surface area contributed by atoms with E-state index in [1.165, 1.54) is 0 Å². The fourth-order valence-electron chi connectivity index (χ4n) is 1.84. The first-order chi connectivity index (χ1) is 10.5. The summed E-state index contributed by atoms with van der Waals surface area (Å²) >= 11 is 5.27. The van der Waals surface area contributed by atoms with Gasteiger partial charge in [-0.2, -0.15) is 0 Å². The number of halogens is 1. The van der Waals surface area contributed by atoms with Gasteiger partial charge in [-0.25, -0.2) is 0 Å². The second kappa shape index (κ2) is 13.5. The molecular formula is C15H36ClN5O. The minimum absolute atomic E-state index is 0.193. The molecule has 134 valence electrons. The van der Waals surface area contributed by atoms with Crippen molar-refractivity contribution in [3.63, 3.8) is 0 Å². The highest BCUT2D eigenvalue weighted by Gasteiger charge is 2.20. The molecule has 0 radical (unpaired) electrons. The molecule has 1 saturated heterocycles. The van der Waals surface area contributed by atoms with Crippen LogP contribution in [-0.4, -0.2) is 81.4 Å². The summed E-state index contributed by atoms with van der Waals surface area (Å²) in [6.07, 6.45) is 0.400. The van der Waals surface area contributed by atoms with Crippen LogP contribution >= 0.6 is 11.6 Å². The van der Waals surface area contributed by atoms with Gasteiger partial charge in [-0.1, -0.05) is 0 Å². The number of rotatable bonds is 11. The Labute approximate surface area is 141 Å². The van der Waals surface area contributed by atoms with E-state index in [0.29, 0.717) is 18.5 Å². The topological polar surface area (TPSA) is 91.9 Å². The molecule has 0 bridgehead atoms. The van der Waals surface area contributed by atoms with Gasteiger partial charge in [-0.3, -0.25) is 4.90 Å². The highest BCUT2D eigenvalue weighted by molar-refractivity contribution is 6.18. The Morgan fingerprint density at radius 1 is 1.05 bits per heavy atom. The first kappa shape index (κ1) is 22.1. The van der Waals surface area contributed by atoms with Crippen LogP contribution in [-0.2, 0) is 4.74 Å². The summed E-state index contributed by atoms with van der Waals surface area (Å²) in [5, 5.41) is 6.68. The molecule has 22 heavy (non-hydrogen) atoms. The van der Waals surface area contributed by atoms with Crippen LogP contribution in [0, 0.1) is 0 Å². The van der Waals surface area contributed by atoms with E-state index < -0.39 is 0 Å². The molecule has 0 spiro atoms. The molecule has 6 N–H and O–H groups in total. The maximum absolute atomic E-state index is 5.63. The third-order valence-corrected chi connectivity index (χ3v) is 3.62. The number of ether oxygens (including phenoxy) is 1. The Hall–Kier alpha value is 0.0500. The Balaban J connectivity index is 0.000000734. The van der Waals surface area contributed by atoms with Crippen LogP contribution in [0.5, 0.6) is 0 Å². The Kier molecular flexibility index (Phi) is 13.5. The maximum atomic E-state index is 5.63. The number of nitrogens with two attached hydrogens (primary N) is 2. The van der Waals surface area contributed by atoms with Crippen molar-refractivity contribution in [3.05, 3.63) is 0 Å². The first-order valence-electron chi connectivity index (χ1n) is 8.19. The highest BCUT2D eigenvalue weighted by atomic mass is 35.5. The second-order valence-corrected chi connectivity index (χ2v) is 6.65. The van der Waals surface area contributed by atoms with Crippen molar-refractivity contribution >= 4 is 11.6 Å². The first-order valence-corrected chi connectivity index (χ1v) is 8.73. The summed E-state index contributed by atoms with van der Waals surface area (Å²) in [6, 6.07) is 0. The van der Waals surface area contributed by atoms with Gasteiger partial charge >= 0.3 is 0 Å². The van der Waals surface area contributed by atoms with Crippen LogP contribution in [0.25, 0.3) is 0 Å². The molecule has 1 rings (SSSR count). The number of epoxide rings is 1. The molecule has 6 nitrogen and oxygen atoms in total. The van der Waals surface area contributed by atoms with E-state index in [2.05, 4.69) is 36.3 Å². The van der Waals surface area contributed by atoms with Gasteiger partial charge in [-0.05, 0) is 20.8 Å². The minimum atomic E-state index is 0.193. The largest absolute Gasteiger partial charge is 0.372 e. The molecule has 0 aliphatic carbocycles. The molecule has 1 aliphatic heterocycles. The van der Waals surface area contributed by atoms with Crippen LogP contribution in [0.1, 0.15) is 20.8 Å². The monoisotopic (exact) mass is 337 g/mol. The quantitative estimate of drug-likeness (QED) is 0.237. The lowest BCUT2D eigenvalue weighted by Gasteiger charge is -2.35. The Morgan fingerprint density at radius 3 is 2.00 bits per heavy atom. The summed E-state index contributed by atoms with van der Waals surface area (Å²) < 4.78 is 4.73. The molecule has 1 fully saturated rings. The van der Waals surface area contributed by atoms with Crippen LogP contribution in [0.15, 0.2) is 0 Å². The van der Waals surface area contributed by atoms with Crippen molar-refractivity contribution in [2.24, 2.45) is 11.5 Å². The molecule has 7 heteroatoms. The predicted octanol–water partition coefficient (Wildman–Crippen LogP) is -0.192. The van der Waals surface area contributed by atoms with Crippen molar-refractivity contribution < 1.29 is 4.74 Å². The van der Waals surface area contributed by atoms with Crippen LogP contribution in [0.4, 0.5) is 0 Å². The normalized spacial score (nSPS) is 17.3. The Morgan fingerprint density at radius 2 is 1.64 bits per heavy atom. The third kappa shape index (κ3) is 13.7. The van der Waals surface area contributed by atoms with E-state index in [4.69, 9.17) is 27.8 Å². The van der Waals surface area contributed by atoms with Crippen LogP contribution < -0.4 is 22.1 Å². The van der Waals surface area contributed by atoms with Gasteiger partial charge in [0.2, 0.25) is 0 Å². The average molecular weight is 338 g/mol. The smallest absolute Gasteiger partial charge is 0.0944 e. The Bertz CT molecular complexity index is 247. The minimum Gasteiger partial charge on any atom is -0.372 e. The van der Waals surface area contributed by atoms with Gasteiger partial charge in [0.25, 0.3) is 0 Å². The molecule has 0 amide bonds. The number of nitrogens with one attached hydrogen (secondary N) is 2. The highest BCUT2D eigenvalue weighted by Crippen LogP contribution is 2.11. The molecule has 1 heterocycles. The number of nitrogens with zero attached hydrogens (tertiary/aromatic N) is 1. The van der Waals surface area contributed by atoms with Gasteiger partial charge in [0, 0.05) is 57.9 Å². The fourth-order valence-corrected chi connectivity index (χ4v) is 2.02. The summed E-state index contributed by atoms with van der Waals surface area (Å²) in [7, 11) is 0. The van der Waals surface area contributed by atoms with Crippen molar-refractivity contribution in [3.8, 4) is 0 Å². The number of hydrogen-bond acceptors (Lipinski definition) is 6. The summed E-state index contributed by atoms with van der Waals surface area (Å²) in [4.78, 5) is 2.41. The average Bonchev–Trinajstić information content (AvgIpc) is 3.29. The van der Waals surface area contributed by atoms with Crippen LogP contribution in [0.2, 0.25) is 0 Å². The molecular weight excluding hydrogens is 302 g/mol. The molecule has 0 aromatic rings. The predicted molar refractivity (Wildman–Crippen MR) is 95.6 cm³/mol. The third-order valence-electron chi connectivity index (χ3n) is 3.28. The SMILES string of the molecule is CC(C)(C)N(CCN)CCNCCNCCN.ClCC1CO1. The van der Waals surface area contributed by atoms with E-state index in [1.807, 2.05) is 0 Å². The van der Waals surface area contributed by atoms with Crippen LogP contribution in [0.3, 0.4) is 0 Å². The van der Waals surface area contributed by atoms with Gasteiger partial charge < -0.3 is 26.8 Å². The lowest BCUT2D eigenvalue weighted by molar-refractivity contribution is 0.142. The zero-order chi connectivity index (χ0) is 16.8. The number of alkyl halides is 1. The lowest BCUT2D eigenvalue weighted by atomic mass is 10.1. The number of hydrogen-bond donors (Lipinski definition) is 4. The van der Waals surface area contributed by atoms with Gasteiger partial charge in [0.15, 0.2) is 0 Å². The zero-order valence-corrected chi connectivity index (χ0v) is 15.3. The van der Waals surface area contributed by atoms with E-state index in [0.717, 1.165) is 52.4 Å². The fraction of sp³-hybridized carbons (Fsp3) is 1.00. The lowest BCUT2D eigenvalue weighted by Crippen LogP contribution is -2.47. The standard InChI is InChI=1S/C12H31N5.C3H5ClO/c1-12(2,3)17(10-5-14)11-9-16-8-7-15-6-4-13;4-1-3-2-5-3/h15-16H,4-11,13-14H2,1-3H3;3H,1-2H2. The van der Waals surface area contributed by atoms with Gasteiger partial charge in [0.05, 0.1) is 18.6 Å². The maximum Gasteiger partial charge on any atom is 0.0944 e.